The second-order valence-corrected chi connectivity index (χ2v) is 7.70. The molecule has 0 saturated carbocycles. The van der Waals surface area contributed by atoms with Crippen molar-refractivity contribution in [3.05, 3.63) is 59.3 Å². The van der Waals surface area contributed by atoms with Crippen LogP contribution in [0.2, 0.25) is 0 Å². The van der Waals surface area contributed by atoms with Crippen LogP contribution < -0.4 is 10.2 Å². The maximum absolute atomic E-state index is 12.0. The van der Waals surface area contributed by atoms with Crippen LogP contribution in [0.1, 0.15) is 36.0 Å². The standard InChI is InChI=1S/C23H29N3O3/c27-23(10-13-28-17-21-6-3-12-29-21)25-15-18-7-8-22(24-14-18)26-11-9-19-4-1-2-5-20(19)16-26/h1-2,4-5,7-8,14,21H,3,6,9-13,15-17H2,(H,25,27). The van der Waals surface area contributed by atoms with Gasteiger partial charge in [-0.3, -0.25) is 4.79 Å². The summed E-state index contributed by atoms with van der Waals surface area (Å²) in [6, 6.07) is 12.7. The minimum Gasteiger partial charge on any atom is -0.378 e. The molecule has 0 aliphatic carbocycles. The molecule has 6 nitrogen and oxygen atoms in total. The van der Waals surface area contributed by atoms with E-state index in [0.717, 1.165) is 50.3 Å². The zero-order valence-corrected chi connectivity index (χ0v) is 16.8. The molecule has 1 fully saturated rings. The molecular weight excluding hydrogens is 366 g/mol. The SMILES string of the molecule is O=C(CCOCC1CCCO1)NCc1ccc(N2CCc3ccccc3C2)nc1. The number of nitrogens with zero attached hydrogens (tertiary/aromatic N) is 2. The third-order valence-corrected chi connectivity index (χ3v) is 5.55. The predicted molar refractivity (Wildman–Crippen MR) is 112 cm³/mol. The average Bonchev–Trinajstić information content (AvgIpc) is 3.29. The molecule has 1 amide bonds. The summed E-state index contributed by atoms with van der Waals surface area (Å²) >= 11 is 0. The Balaban J connectivity index is 1.18. The molecule has 154 valence electrons. The molecule has 1 saturated heterocycles. The molecule has 2 aromatic rings. The van der Waals surface area contributed by atoms with Crippen LogP contribution in [0, 0.1) is 0 Å². The van der Waals surface area contributed by atoms with Crippen molar-refractivity contribution in [1.82, 2.24) is 10.3 Å². The Morgan fingerprint density at radius 1 is 1.24 bits per heavy atom. The number of carbonyl (C=O) groups excluding carboxylic acids is 1. The zero-order chi connectivity index (χ0) is 19.9. The van der Waals surface area contributed by atoms with E-state index in [1.807, 2.05) is 18.3 Å². The van der Waals surface area contributed by atoms with Crippen LogP contribution in [-0.2, 0) is 33.8 Å². The van der Waals surface area contributed by atoms with Crippen LogP contribution in [0.25, 0.3) is 0 Å². The van der Waals surface area contributed by atoms with E-state index < -0.39 is 0 Å². The van der Waals surface area contributed by atoms with E-state index in [-0.39, 0.29) is 12.0 Å². The molecule has 1 aromatic heterocycles. The summed E-state index contributed by atoms with van der Waals surface area (Å²) in [5.74, 6) is 0.978. The number of amides is 1. The van der Waals surface area contributed by atoms with Crippen molar-refractivity contribution >= 4 is 11.7 Å². The van der Waals surface area contributed by atoms with Gasteiger partial charge in [0.15, 0.2) is 0 Å². The molecule has 1 unspecified atom stereocenters. The number of hydrogen-bond acceptors (Lipinski definition) is 5. The number of pyridine rings is 1. The van der Waals surface area contributed by atoms with Crippen LogP contribution in [0.4, 0.5) is 5.82 Å². The van der Waals surface area contributed by atoms with E-state index >= 15 is 0 Å². The summed E-state index contributed by atoms with van der Waals surface area (Å²) in [6.07, 6.45) is 5.63. The number of hydrogen-bond donors (Lipinski definition) is 1. The highest BCUT2D eigenvalue weighted by Gasteiger charge is 2.17. The van der Waals surface area contributed by atoms with E-state index in [9.17, 15) is 4.79 Å². The number of ether oxygens (including phenoxy) is 2. The van der Waals surface area contributed by atoms with Gasteiger partial charge >= 0.3 is 0 Å². The molecular formula is C23H29N3O3. The van der Waals surface area contributed by atoms with Crippen LogP contribution in [0.3, 0.4) is 0 Å². The number of carbonyl (C=O) groups is 1. The van der Waals surface area contributed by atoms with Crippen LogP contribution in [0.5, 0.6) is 0 Å². The Labute approximate surface area is 172 Å². The second kappa shape index (κ2) is 9.85. The van der Waals surface area contributed by atoms with Crippen molar-refractivity contribution in [3.63, 3.8) is 0 Å². The average molecular weight is 396 g/mol. The first-order valence-electron chi connectivity index (χ1n) is 10.5. The fourth-order valence-corrected chi connectivity index (χ4v) is 3.84. The number of nitrogens with one attached hydrogen (secondary N) is 1. The van der Waals surface area contributed by atoms with Gasteiger partial charge in [0.1, 0.15) is 5.82 Å². The Kier molecular flexibility index (Phi) is 6.75. The first-order valence-corrected chi connectivity index (χ1v) is 10.5. The fourth-order valence-electron chi connectivity index (χ4n) is 3.84. The minimum atomic E-state index is -0.00551. The second-order valence-electron chi connectivity index (χ2n) is 7.70. The van der Waals surface area contributed by atoms with Gasteiger partial charge in [-0.05, 0) is 42.0 Å². The summed E-state index contributed by atoms with van der Waals surface area (Å²) in [5, 5.41) is 2.94. The summed E-state index contributed by atoms with van der Waals surface area (Å²) in [5.41, 5.74) is 3.81. The smallest absolute Gasteiger partial charge is 0.222 e. The zero-order valence-electron chi connectivity index (χ0n) is 16.8. The highest BCUT2D eigenvalue weighted by atomic mass is 16.5. The molecule has 6 heteroatoms. The lowest BCUT2D eigenvalue weighted by atomic mass is 10.00. The van der Waals surface area contributed by atoms with Gasteiger partial charge < -0.3 is 19.7 Å². The quantitative estimate of drug-likeness (QED) is 0.697. The molecule has 0 bridgehead atoms. The highest BCUT2D eigenvalue weighted by molar-refractivity contribution is 5.75. The van der Waals surface area contributed by atoms with Gasteiger partial charge in [-0.25, -0.2) is 4.98 Å². The Morgan fingerprint density at radius 3 is 2.93 bits per heavy atom. The third kappa shape index (κ3) is 5.55. The summed E-state index contributed by atoms with van der Waals surface area (Å²) in [7, 11) is 0. The van der Waals surface area contributed by atoms with Crippen molar-refractivity contribution in [2.45, 2.75) is 44.9 Å². The maximum atomic E-state index is 12.0. The Hall–Kier alpha value is -2.44. The normalized spacial score (nSPS) is 18.5. The molecule has 1 N–H and O–H groups in total. The van der Waals surface area contributed by atoms with Gasteiger partial charge in [-0.15, -0.1) is 0 Å². The Bertz CT molecular complexity index is 803. The lowest BCUT2D eigenvalue weighted by Gasteiger charge is -2.29. The maximum Gasteiger partial charge on any atom is 0.222 e. The van der Waals surface area contributed by atoms with Crippen molar-refractivity contribution in [2.24, 2.45) is 0 Å². The lowest BCUT2D eigenvalue weighted by Crippen LogP contribution is -2.31. The molecule has 4 rings (SSSR count). The molecule has 29 heavy (non-hydrogen) atoms. The monoisotopic (exact) mass is 395 g/mol. The van der Waals surface area contributed by atoms with Gasteiger partial charge in [0.2, 0.25) is 5.91 Å². The molecule has 0 radical (unpaired) electrons. The minimum absolute atomic E-state index is 0.00551. The van der Waals surface area contributed by atoms with E-state index in [2.05, 4.69) is 39.5 Å². The van der Waals surface area contributed by atoms with E-state index in [0.29, 0.717) is 26.2 Å². The number of fused-ring (bicyclic) bond motifs is 1. The van der Waals surface area contributed by atoms with Gasteiger partial charge in [0, 0.05) is 38.9 Å². The molecule has 2 aliphatic heterocycles. The molecule has 1 aromatic carbocycles. The van der Waals surface area contributed by atoms with Gasteiger partial charge in [0.25, 0.3) is 0 Å². The molecule has 3 heterocycles. The number of benzene rings is 1. The van der Waals surface area contributed by atoms with E-state index in [4.69, 9.17) is 9.47 Å². The molecule has 1 atom stereocenters. The van der Waals surface area contributed by atoms with E-state index in [1.165, 1.54) is 11.1 Å². The summed E-state index contributed by atoms with van der Waals surface area (Å²) < 4.78 is 11.0. The van der Waals surface area contributed by atoms with Crippen LogP contribution in [0.15, 0.2) is 42.6 Å². The van der Waals surface area contributed by atoms with Crippen molar-refractivity contribution in [3.8, 4) is 0 Å². The third-order valence-electron chi connectivity index (χ3n) is 5.55. The van der Waals surface area contributed by atoms with Gasteiger partial charge in [-0.2, -0.15) is 0 Å². The first-order chi connectivity index (χ1) is 14.3. The van der Waals surface area contributed by atoms with Crippen molar-refractivity contribution < 1.29 is 14.3 Å². The van der Waals surface area contributed by atoms with Gasteiger partial charge in [0.05, 0.1) is 19.3 Å². The highest BCUT2D eigenvalue weighted by Crippen LogP contribution is 2.23. The van der Waals surface area contributed by atoms with Crippen molar-refractivity contribution in [1.29, 1.82) is 0 Å². The van der Waals surface area contributed by atoms with Crippen molar-refractivity contribution in [2.75, 3.05) is 31.3 Å². The van der Waals surface area contributed by atoms with E-state index in [1.54, 1.807) is 0 Å². The molecule has 2 aliphatic rings. The fraction of sp³-hybridized carbons (Fsp3) is 0.478. The lowest BCUT2D eigenvalue weighted by molar-refractivity contribution is -0.122. The Morgan fingerprint density at radius 2 is 2.14 bits per heavy atom. The summed E-state index contributed by atoms with van der Waals surface area (Å²) in [4.78, 5) is 18.9. The summed E-state index contributed by atoms with van der Waals surface area (Å²) in [6.45, 7) is 4.20. The number of aromatic nitrogens is 1. The predicted octanol–water partition coefficient (Wildman–Crippen LogP) is 2.85. The van der Waals surface area contributed by atoms with Crippen LogP contribution in [-0.4, -0.2) is 43.4 Å². The number of anilines is 1. The van der Waals surface area contributed by atoms with Gasteiger partial charge in [-0.1, -0.05) is 30.3 Å². The first kappa shape index (κ1) is 19.9. The molecule has 0 spiro atoms. The topological polar surface area (TPSA) is 63.7 Å². The largest absolute Gasteiger partial charge is 0.378 e. The number of rotatable bonds is 8. The van der Waals surface area contributed by atoms with Crippen LogP contribution >= 0.6 is 0 Å².